The summed E-state index contributed by atoms with van der Waals surface area (Å²) < 4.78 is 0. The zero-order chi connectivity index (χ0) is 8.18. The van der Waals surface area contributed by atoms with Gasteiger partial charge in [-0.2, -0.15) is 0 Å². The number of rotatable bonds is 1. The molecule has 0 nitrogen and oxygen atoms in total. The molecule has 0 bridgehead atoms. The summed E-state index contributed by atoms with van der Waals surface area (Å²) in [6.45, 7) is 2.46. The van der Waals surface area contributed by atoms with Crippen molar-refractivity contribution in [1.29, 1.82) is 0 Å². The van der Waals surface area contributed by atoms with Crippen LogP contribution in [0.25, 0.3) is 0 Å². The molecule has 3 unspecified atom stereocenters. The lowest BCUT2D eigenvalue weighted by atomic mass is 9.84. The lowest BCUT2D eigenvalue weighted by molar-refractivity contribution is 0.303. The fourth-order valence-electron chi connectivity index (χ4n) is 3.84. The minimum Gasteiger partial charge on any atom is -0.0619 e. The zero-order valence-electron chi connectivity index (χ0n) is 8.18. The first-order valence-corrected chi connectivity index (χ1v) is 5.83. The summed E-state index contributed by atoms with van der Waals surface area (Å²) in [6.07, 6.45) is 10.9. The van der Waals surface area contributed by atoms with Crippen molar-refractivity contribution in [3.05, 3.63) is 0 Å². The Labute approximate surface area is 75.7 Å². The maximum atomic E-state index is 2.46. The predicted octanol–water partition coefficient (Wildman–Crippen LogP) is 3.61. The van der Waals surface area contributed by atoms with Crippen molar-refractivity contribution in [2.24, 2.45) is 23.2 Å². The second-order valence-corrected chi connectivity index (χ2v) is 5.55. The van der Waals surface area contributed by atoms with Crippen LogP contribution in [0.1, 0.15) is 51.9 Å². The smallest absolute Gasteiger partial charge is 0.0235 e. The van der Waals surface area contributed by atoms with E-state index in [-0.39, 0.29) is 0 Å². The normalized spacial score (nSPS) is 52.8. The Bertz CT molecular complexity index is 187. The largest absolute Gasteiger partial charge is 0.0619 e. The zero-order valence-corrected chi connectivity index (χ0v) is 8.18. The van der Waals surface area contributed by atoms with Gasteiger partial charge >= 0.3 is 0 Å². The average Bonchev–Trinajstić information content (AvgIpc) is 2.96. The molecule has 0 N–H and O–H groups in total. The molecule has 0 heteroatoms. The van der Waals surface area contributed by atoms with Crippen molar-refractivity contribution in [3.8, 4) is 0 Å². The molecule has 0 saturated heterocycles. The molecule has 0 heterocycles. The van der Waals surface area contributed by atoms with Crippen molar-refractivity contribution < 1.29 is 0 Å². The van der Waals surface area contributed by atoms with Crippen LogP contribution in [0.2, 0.25) is 0 Å². The van der Waals surface area contributed by atoms with Gasteiger partial charge in [0.05, 0.1) is 0 Å². The lowest BCUT2D eigenvalue weighted by Gasteiger charge is -2.21. The molecule has 0 aromatic rings. The molecule has 0 aromatic heterocycles. The van der Waals surface area contributed by atoms with Gasteiger partial charge in [0.2, 0.25) is 0 Å². The van der Waals surface area contributed by atoms with Crippen LogP contribution in [-0.2, 0) is 0 Å². The van der Waals surface area contributed by atoms with Crippen LogP contribution in [0.15, 0.2) is 0 Å². The molecule has 3 fully saturated rings. The summed E-state index contributed by atoms with van der Waals surface area (Å²) in [6, 6.07) is 0. The van der Waals surface area contributed by atoms with Crippen molar-refractivity contribution >= 4 is 0 Å². The highest BCUT2D eigenvalue weighted by molar-refractivity contribution is 5.18. The Morgan fingerprint density at radius 2 is 1.67 bits per heavy atom. The average molecular weight is 164 g/mol. The van der Waals surface area contributed by atoms with E-state index < -0.39 is 0 Å². The predicted molar refractivity (Wildman–Crippen MR) is 50.9 cm³/mol. The van der Waals surface area contributed by atoms with E-state index in [0.29, 0.717) is 0 Å². The topological polar surface area (TPSA) is 0 Å². The lowest BCUT2D eigenvalue weighted by Crippen LogP contribution is -2.09. The summed E-state index contributed by atoms with van der Waals surface area (Å²) in [5, 5.41) is 0. The molecule has 3 aliphatic carbocycles. The molecule has 3 aliphatic rings. The molecule has 3 rings (SSSR count). The summed E-state index contributed by atoms with van der Waals surface area (Å²) in [5.74, 6) is 3.45. The van der Waals surface area contributed by atoms with E-state index in [4.69, 9.17) is 0 Å². The van der Waals surface area contributed by atoms with Gasteiger partial charge < -0.3 is 0 Å². The maximum Gasteiger partial charge on any atom is -0.0235 e. The Morgan fingerprint density at radius 1 is 1.00 bits per heavy atom. The molecule has 3 saturated carbocycles. The molecule has 0 aromatic carbocycles. The summed E-state index contributed by atoms with van der Waals surface area (Å²) in [5.41, 5.74) is 0.933. The third kappa shape index (κ3) is 0.900. The van der Waals surface area contributed by atoms with Gasteiger partial charge in [-0.3, -0.25) is 0 Å². The summed E-state index contributed by atoms with van der Waals surface area (Å²) in [4.78, 5) is 0. The van der Waals surface area contributed by atoms with Crippen molar-refractivity contribution in [2.45, 2.75) is 51.9 Å². The van der Waals surface area contributed by atoms with Crippen molar-refractivity contribution in [2.75, 3.05) is 0 Å². The van der Waals surface area contributed by atoms with Gasteiger partial charge in [0.15, 0.2) is 0 Å². The van der Waals surface area contributed by atoms with Gasteiger partial charge in [0.25, 0.3) is 0 Å². The summed E-state index contributed by atoms with van der Waals surface area (Å²) in [7, 11) is 0. The van der Waals surface area contributed by atoms with E-state index in [1.807, 2.05) is 0 Å². The van der Waals surface area contributed by atoms with E-state index in [1.165, 1.54) is 25.2 Å². The highest BCUT2D eigenvalue weighted by Crippen LogP contribution is 2.77. The first kappa shape index (κ1) is 7.41. The van der Waals surface area contributed by atoms with Gasteiger partial charge in [-0.05, 0) is 36.0 Å². The number of hydrogen-bond donors (Lipinski definition) is 0. The molecule has 0 aliphatic heterocycles. The quantitative estimate of drug-likeness (QED) is 0.555. The maximum absolute atomic E-state index is 2.46. The summed E-state index contributed by atoms with van der Waals surface area (Å²) >= 11 is 0. The van der Waals surface area contributed by atoms with E-state index >= 15 is 0 Å². The van der Waals surface area contributed by atoms with E-state index in [2.05, 4.69) is 6.92 Å². The first-order chi connectivity index (χ1) is 5.83. The van der Waals surface area contributed by atoms with Gasteiger partial charge in [-0.1, -0.05) is 39.0 Å². The highest BCUT2D eigenvalue weighted by Gasteiger charge is 2.69. The molecule has 0 radical (unpaired) electrons. The molecular weight excluding hydrogens is 144 g/mol. The van der Waals surface area contributed by atoms with Gasteiger partial charge in [-0.25, -0.2) is 0 Å². The van der Waals surface area contributed by atoms with Crippen LogP contribution in [0, 0.1) is 23.2 Å². The Morgan fingerprint density at radius 3 is 2.17 bits per heavy atom. The fourth-order valence-corrected chi connectivity index (χ4v) is 3.84. The second kappa shape index (κ2) is 2.27. The molecular formula is C12H20. The van der Waals surface area contributed by atoms with Gasteiger partial charge in [0, 0.05) is 0 Å². The van der Waals surface area contributed by atoms with Gasteiger partial charge in [-0.15, -0.1) is 0 Å². The Kier molecular flexibility index (Phi) is 1.40. The van der Waals surface area contributed by atoms with E-state index in [1.54, 1.807) is 25.7 Å². The fraction of sp³-hybridized carbons (Fsp3) is 1.00. The van der Waals surface area contributed by atoms with Crippen LogP contribution < -0.4 is 0 Å². The van der Waals surface area contributed by atoms with Crippen LogP contribution in [0.3, 0.4) is 0 Å². The second-order valence-electron chi connectivity index (χ2n) is 5.55. The van der Waals surface area contributed by atoms with Crippen LogP contribution in [0.5, 0.6) is 0 Å². The molecule has 3 atom stereocenters. The number of hydrogen-bond acceptors (Lipinski definition) is 0. The minimum atomic E-state index is 0.933. The third-order valence-corrected chi connectivity index (χ3v) is 4.90. The standard InChI is InChI=1S/C12H20/c1-9-7-12(9)8-11(12)10-5-3-2-4-6-10/h9-11H,2-8H2,1H3. The van der Waals surface area contributed by atoms with E-state index in [0.717, 1.165) is 17.3 Å². The first-order valence-electron chi connectivity index (χ1n) is 5.83. The van der Waals surface area contributed by atoms with Gasteiger partial charge in [0.1, 0.15) is 0 Å². The van der Waals surface area contributed by atoms with Crippen LogP contribution in [0.4, 0.5) is 0 Å². The molecule has 12 heavy (non-hydrogen) atoms. The van der Waals surface area contributed by atoms with Crippen LogP contribution >= 0.6 is 0 Å². The van der Waals surface area contributed by atoms with Crippen molar-refractivity contribution in [3.63, 3.8) is 0 Å². The molecule has 0 amide bonds. The molecule has 1 spiro atoms. The van der Waals surface area contributed by atoms with Crippen molar-refractivity contribution in [1.82, 2.24) is 0 Å². The third-order valence-electron chi connectivity index (χ3n) is 4.90. The Balaban J connectivity index is 1.61. The molecule has 68 valence electrons. The highest BCUT2D eigenvalue weighted by atomic mass is 14.7. The monoisotopic (exact) mass is 164 g/mol. The minimum absolute atomic E-state index is 0.933. The van der Waals surface area contributed by atoms with E-state index in [9.17, 15) is 0 Å². The SMILES string of the molecule is CC1CC12CC2C1CCCCC1. The van der Waals surface area contributed by atoms with Crippen LogP contribution in [-0.4, -0.2) is 0 Å². The Hall–Kier alpha value is 0.